The third-order valence-corrected chi connectivity index (χ3v) is 3.84. The van der Waals surface area contributed by atoms with Gasteiger partial charge in [0.1, 0.15) is 0 Å². The third kappa shape index (κ3) is 4.45. The summed E-state index contributed by atoms with van der Waals surface area (Å²) >= 11 is 1.75. The molecule has 1 unspecified atom stereocenters. The second kappa shape index (κ2) is 7.00. The van der Waals surface area contributed by atoms with Gasteiger partial charge < -0.3 is 5.32 Å². The molecule has 0 bridgehead atoms. The predicted octanol–water partition coefficient (Wildman–Crippen LogP) is 3.66. The van der Waals surface area contributed by atoms with Gasteiger partial charge in [-0.05, 0) is 17.7 Å². The van der Waals surface area contributed by atoms with E-state index in [-0.39, 0.29) is 11.9 Å². The monoisotopic (exact) mass is 271 g/mol. The van der Waals surface area contributed by atoms with Gasteiger partial charge in [-0.3, -0.25) is 4.79 Å². The number of hydrogen-bond acceptors (Lipinski definition) is 2. The van der Waals surface area contributed by atoms with Gasteiger partial charge in [0.2, 0.25) is 5.91 Å². The number of hydrogen-bond donors (Lipinski definition) is 1. The summed E-state index contributed by atoms with van der Waals surface area (Å²) in [4.78, 5) is 12.5. The lowest BCUT2D eigenvalue weighted by atomic mass is 10.1. The van der Waals surface area contributed by atoms with Crippen molar-refractivity contribution in [3.63, 3.8) is 0 Å². The SMILES string of the molecule is CC(=O)NC(CSc1ccccc1)c1ccccc1. The van der Waals surface area contributed by atoms with E-state index in [1.54, 1.807) is 18.7 Å². The van der Waals surface area contributed by atoms with Crippen molar-refractivity contribution in [2.45, 2.75) is 17.9 Å². The predicted molar refractivity (Wildman–Crippen MR) is 80.2 cm³/mol. The molecule has 3 heteroatoms. The van der Waals surface area contributed by atoms with Crippen molar-refractivity contribution < 1.29 is 4.79 Å². The van der Waals surface area contributed by atoms with Crippen LogP contribution in [0.3, 0.4) is 0 Å². The quantitative estimate of drug-likeness (QED) is 0.841. The van der Waals surface area contributed by atoms with Crippen LogP contribution in [0.25, 0.3) is 0 Å². The number of nitrogens with one attached hydrogen (secondary N) is 1. The normalized spacial score (nSPS) is 11.8. The molecule has 0 heterocycles. The summed E-state index contributed by atoms with van der Waals surface area (Å²) in [5, 5.41) is 3.01. The van der Waals surface area contributed by atoms with Crippen LogP contribution in [0, 0.1) is 0 Å². The van der Waals surface area contributed by atoms with E-state index >= 15 is 0 Å². The lowest BCUT2D eigenvalue weighted by molar-refractivity contribution is -0.119. The highest BCUT2D eigenvalue weighted by Crippen LogP contribution is 2.24. The molecule has 0 spiro atoms. The van der Waals surface area contributed by atoms with Gasteiger partial charge in [0.25, 0.3) is 0 Å². The van der Waals surface area contributed by atoms with Crippen LogP contribution in [0.4, 0.5) is 0 Å². The first-order chi connectivity index (χ1) is 9.25. The van der Waals surface area contributed by atoms with E-state index in [1.807, 2.05) is 48.5 Å². The maximum absolute atomic E-state index is 11.3. The van der Waals surface area contributed by atoms with E-state index in [9.17, 15) is 4.79 Å². The molecular formula is C16H17NOS. The summed E-state index contributed by atoms with van der Waals surface area (Å²) < 4.78 is 0. The van der Waals surface area contributed by atoms with Crippen LogP contribution in [-0.2, 0) is 4.79 Å². The fourth-order valence-electron chi connectivity index (χ4n) is 1.85. The number of amides is 1. The zero-order valence-electron chi connectivity index (χ0n) is 10.9. The molecule has 2 aromatic rings. The molecule has 0 aromatic heterocycles. The van der Waals surface area contributed by atoms with Crippen molar-refractivity contribution in [2.75, 3.05) is 5.75 Å². The third-order valence-electron chi connectivity index (χ3n) is 2.74. The smallest absolute Gasteiger partial charge is 0.217 e. The lowest BCUT2D eigenvalue weighted by Crippen LogP contribution is -2.27. The molecule has 0 radical (unpaired) electrons. The van der Waals surface area contributed by atoms with Crippen LogP contribution in [0.1, 0.15) is 18.5 Å². The molecule has 0 fully saturated rings. The Hall–Kier alpha value is -1.74. The van der Waals surface area contributed by atoms with Crippen LogP contribution < -0.4 is 5.32 Å². The Morgan fingerprint density at radius 3 is 2.21 bits per heavy atom. The topological polar surface area (TPSA) is 29.1 Å². The number of thioether (sulfide) groups is 1. The van der Waals surface area contributed by atoms with Crippen molar-refractivity contribution in [2.24, 2.45) is 0 Å². The van der Waals surface area contributed by atoms with Gasteiger partial charge in [-0.15, -0.1) is 11.8 Å². The van der Waals surface area contributed by atoms with Gasteiger partial charge in [-0.2, -0.15) is 0 Å². The second-order valence-electron chi connectivity index (χ2n) is 4.29. The zero-order valence-corrected chi connectivity index (χ0v) is 11.7. The molecule has 19 heavy (non-hydrogen) atoms. The van der Waals surface area contributed by atoms with Crippen molar-refractivity contribution in [3.05, 3.63) is 66.2 Å². The second-order valence-corrected chi connectivity index (χ2v) is 5.38. The molecular weight excluding hydrogens is 254 g/mol. The molecule has 1 N–H and O–H groups in total. The first kappa shape index (κ1) is 13.7. The molecule has 0 aliphatic heterocycles. The summed E-state index contributed by atoms with van der Waals surface area (Å²) in [6.07, 6.45) is 0. The van der Waals surface area contributed by atoms with E-state index in [4.69, 9.17) is 0 Å². The highest BCUT2D eigenvalue weighted by molar-refractivity contribution is 7.99. The zero-order chi connectivity index (χ0) is 13.5. The van der Waals surface area contributed by atoms with Gasteiger partial charge in [0, 0.05) is 17.6 Å². The van der Waals surface area contributed by atoms with Gasteiger partial charge in [0.05, 0.1) is 6.04 Å². The average molecular weight is 271 g/mol. The molecule has 2 aromatic carbocycles. The van der Waals surface area contributed by atoms with Crippen molar-refractivity contribution in [1.29, 1.82) is 0 Å². The summed E-state index contributed by atoms with van der Waals surface area (Å²) in [6, 6.07) is 20.3. The molecule has 0 saturated carbocycles. The lowest BCUT2D eigenvalue weighted by Gasteiger charge is -2.18. The molecule has 98 valence electrons. The molecule has 0 saturated heterocycles. The molecule has 1 amide bonds. The van der Waals surface area contributed by atoms with E-state index in [1.165, 1.54) is 4.90 Å². The molecule has 2 nitrogen and oxygen atoms in total. The van der Waals surface area contributed by atoms with Crippen LogP contribution in [0.2, 0.25) is 0 Å². The highest BCUT2D eigenvalue weighted by atomic mass is 32.2. The summed E-state index contributed by atoms with van der Waals surface area (Å²) in [7, 11) is 0. The van der Waals surface area contributed by atoms with E-state index in [0.717, 1.165) is 11.3 Å². The number of benzene rings is 2. The Balaban J connectivity index is 2.04. The standard InChI is InChI=1S/C16H17NOS/c1-13(18)17-16(14-8-4-2-5-9-14)12-19-15-10-6-3-7-11-15/h2-11,16H,12H2,1H3,(H,17,18). The van der Waals surface area contributed by atoms with Crippen LogP contribution >= 0.6 is 11.8 Å². The largest absolute Gasteiger partial charge is 0.349 e. The molecule has 0 aliphatic carbocycles. The number of rotatable bonds is 5. The molecule has 0 aliphatic rings. The Morgan fingerprint density at radius 1 is 1.05 bits per heavy atom. The van der Waals surface area contributed by atoms with Gasteiger partial charge >= 0.3 is 0 Å². The number of carbonyl (C=O) groups excluding carboxylic acids is 1. The maximum Gasteiger partial charge on any atom is 0.217 e. The van der Waals surface area contributed by atoms with Crippen molar-refractivity contribution in [1.82, 2.24) is 5.32 Å². The van der Waals surface area contributed by atoms with Gasteiger partial charge in [-0.25, -0.2) is 0 Å². The van der Waals surface area contributed by atoms with Crippen LogP contribution in [0.5, 0.6) is 0 Å². The maximum atomic E-state index is 11.3. The Kier molecular flexibility index (Phi) is 5.04. The average Bonchev–Trinajstić information content (AvgIpc) is 2.45. The van der Waals surface area contributed by atoms with Crippen LogP contribution in [0.15, 0.2) is 65.6 Å². The first-order valence-corrected chi connectivity index (χ1v) is 7.24. The summed E-state index contributed by atoms with van der Waals surface area (Å²) in [5.74, 6) is 0.829. The minimum absolute atomic E-state index is 0.00233. The summed E-state index contributed by atoms with van der Waals surface area (Å²) in [5.41, 5.74) is 1.14. The van der Waals surface area contributed by atoms with E-state index in [0.29, 0.717) is 0 Å². The van der Waals surface area contributed by atoms with E-state index in [2.05, 4.69) is 17.4 Å². The van der Waals surface area contributed by atoms with Gasteiger partial charge in [-0.1, -0.05) is 48.5 Å². The van der Waals surface area contributed by atoms with Crippen LogP contribution in [-0.4, -0.2) is 11.7 Å². The Labute approximate surface area is 118 Å². The van der Waals surface area contributed by atoms with E-state index < -0.39 is 0 Å². The fraction of sp³-hybridized carbons (Fsp3) is 0.188. The first-order valence-electron chi connectivity index (χ1n) is 6.25. The minimum atomic E-state index is 0.00233. The fourth-order valence-corrected chi connectivity index (χ4v) is 2.83. The van der Waals surface area contributed by atoms with Gasteiger partial charge in [0.15, 0.2) is 0 Å². The molecule has 2 rings (SSSR count). The summed E-state index contributed by atoms with van der Waals surface area (Å²) in [6.45, 7) is 1.56. The highest BCUT2D eigenvalue weighted by Gasteiger charge is 2.12. The number of carbonyl (C=O) groups is 1. The minimum Gasteiger partial charge on any atom is -0.349 e. The van der Waals surface area contributed by atoms with Crippen molar-refractivity contribution in [3.8, 4) is 0 Å². The Bertz CT molecular complexity index is 513. The molecule has 1 atom stereocenters. The van der Waals surface area contributed by atoms with Crippen molar-refractivity contribution >= 4 is 17.7 Å². The Morgan fingerprint density at radius 2 is 1.63 bits per heavy atom.